The summed E-state index contributed by atoms with van der Waals surface area (Å²) < 4.78 is 38.0. The molecular weight excluding hydrogens is 303 g/mol. The quantitative estimate of drug-likeness (QED) is 0.867. The fourth-order valence-corrected chi connectivity index (χ4v) is 3.48. The standard InChI is InChI=1S/C10H13BrF3NS/c1-3-15-8(5-10(12,13)14)9-7(11)4-6(2)16-9/h4,8,15H,3,5H2,1-2H3. The van der Waals surface area contributed by atoms with Crippen molar-refractivity contribution in [3.8, 4) is 0 Å². The maximum Gasteiger partial charge on any atom is 0.390 e. The van der Waals surface area contributed by atoms with Gasteiger partial charge in [0, 0.05) is 14.2 Å². The predicted molar refractivity (Wildman–Crippen MR) is 63.8 cm³/mol. The minimum Gasteiger partial charge on any atom is -0.309 e. The van der Waals surface area contributed by atoms with Crippen LogP contribution in [0.25, 0.3) is 0 Å². The monoisotopic (exact) mass is 315 g/mol. The van der Waals surface area contributed by atoms with Gasteiger partial charge in [-0.2, -0.15) is 13.2 Å². The summed E-state index contributed by atoms with van der Waals surface area (Å²) in [6, 6.07) is 1.19. The third-order valence-corrected chi connectivity index (χ3v) is 4.12. The van der Waals surface area contributed by atoms with Crippen LogP contribution in [-0.4, -0.2) is 12.7 Å². The van der Waals surface area contributed by atoms with E-state index in [1.165, 1.54) is 11.3 Å². The van der Waals surface area contributed by atoms with E-state index in [1.54, 1.807) is 6.92 Å². The van der Waals surface area contributed by atoms with Crippen molar-refractivity contribution in [2.45, 2.75) is 32.5 Å². The largest absolute Gasteiger partial charge is 0.390 e. The fraction of sp³-hybridized carbons (Fsp3) is 0.600. The minimum absolute atomic E-state index is 0.518. The molecule has 1 unspecified atom stereocenters. The van der Waals surface area contributed by atoms with Crippen molar-refractivity contribution in [3.63, 3.8) is 0 Å². The van der Waals surface area contributed by atoms with Crippen molar-refractivity contribution in [3.05, 3.63) is 20.3 Å². The van der Waals surface area contributed by atoms with Gasteiger partial charge in [-0.25, -0.2) is 0 Å². The third-order valence-electron chi connectivity index (χ3n) is 2.04. The number of aryl methyl sites for hydroxylation is 1. The van der Waals surface area contributed by atoms with E-state index < -0.39 is 18.6 Å². The molecule has 1 aromatic rings. The van der Waals surface area contributed by atoms with Gasteiger partial charge < -0.3 is 5.32 Å². The number of hydrogen-bond donors (Lipinski definition) is 1. The molecule has 16 heavy (non-hydrogen) atoms. The second kappa shape index (κ2) is 5.51. The molecule has 0 fully saturated rings. The Morgan fingerprint density at radius 1 is 1.50 bits per heavy atom. The molecule has 92 valence electrons. The molecule has 0 aliphatic rings. The Morgan fingerprint density at radius 3 is 2.50 bits per heavy atom. The first kappa shape index (κ1) is 14.0. The van der Waals surface area contributed by atoms with Crippen molar-refractivity contribution < 1.29 is 13.2 Å². The SMILES string of the molecule is CCNC(CC(F)(F)F)c1sc(C)cc1Br. The van der Waals surface area contributed by atoms with Crippen molar-refractivity contribution in [2.24, 2.45) is 0 Å². The minimum atomic E-state index is -4.15. The van der Waals surface area contributed by atoms with Gasteiger partial charge in [0.25, 0.3) is 0 Å². The average Bonchev–Trinajstić information content (AvgIpc) is 2.42. The topological polar surface area (TPSA) is 12.0 Å². The average molecular weight is 316 g/mol. The Kier molecular flexibility index (Phi) is 4.82. The van der Waals surface area contributed by atoms with Crippen LogP contribution in [0.3, 0.4) is 0 Å². The van der Waals surface area contributed by atoms with Gasteiger partial charge in [-0.3, -0.25) is 0 Å². The van der Waals surface area contributed by atoms with Gasteiger partial charge in [-0.1, -0.05) is 6.92 Å². The lowest BCUT2D eigenvalue weighted by molar-refractivity contribution is -0.140. The number of hydrogen-bond acceptors (Lipinski definition) is 2. The molecule has 6 heteroatoms. The molecule has 0 amide bonds. The zero-order valence-corrected chi connectivity index (χ0v) is 11.4. The van der Waals surface area contributed by atoms with Crippen LogP contribution >= 0.6 is 27.3 Å². The van der Waals surface area contributed by atoms with Gasteiger partial charge in [-0.05, 0) is 35.5 Å². The number of nitrogens with one attached hydrogen (secondary N) is 1. The lowest BCUT2D eigenvalue weighted by Crippen LogP contribution is -2.26. The fourth-order valence-electron chi connectivity index (χ4n) is 1.47. The first-order chi connectivity index (χ1) is 7.33. The summed E-state index contributed by atoms with van der Waals surface area (Å²) in [6.45, 7) is 4.21. The molecule has 1 rings (SSSR count). The molecular formula is C10H13BrF3NS. The van der Waals surface area contributed by atoms with E-state index in [9.17, 15) is 13.2 Å². The van der Waals surface area contributed by atoms with E-state index in [2.05, 4.69) is 21.2 Å². The maximum atomic E-state index is 12.4. The van der Waals surface area contributed by atoms with E-state index in [-0.39, 0.29) is 0 Å². The number of rotatable bonds is 4. The molecule has 0 radical (unpaired) electrons. The highest BCUT2D eigenvalue weighted by molar-refractivity contribution is 9.10. The smallest absolute Gasteiger partial charge is 0.309 e. The maximum absolute atomic E-state index is 12.4. The predicted octanol–water partition coefficient (Wildman–Crippen LogP) is 4.42. The molecule has 0 aliphatic carbocycles. The van der Waals surface area contributed by atoms with E-state index in [4.69, 9.17) is 0 Å². The summed E-state index contributed by atoms with van der Waals surface area (Å²) >= 11 is 4.69. The van der Waals surface area contributed by atoms with E-state index >= 15 is 0 Å². The third kappa shape index (κ3) is 4.07. The van der Waals surface area contributed by atoms with Crippen LogP contribution in [0.2, 0.25) is 0 Å². The number of thiophene rings is 1. The molecule has 0 saturated carbocycles. The zero-order valence-electron chi connectivity index (χ0n) is 8.99. The van der Waals surface area contributed by atoms with E-state index in [1.807, 2.05) is 13.0 Å². The second-order valence-electron chi connectivity index (χ2n) is 3.50. The second-order valence-corrected chi connectivity index (χ2v) is 5.64. The van der Waals surface area contributed by atoms with Crippen molar-refractivity contribution in [2.75, 3.05) is 6.54 Å². The molecule has 1 nitrogen and oxygen atoms in total. The van der Waals surface area contributed by atoms with Crippen LogP contribution in [0.15, 0.2) is 10.5 Å². The van der Waals surface area contributed by atoms with Crippen LogP contribution < -0.4 is 5.32 Å². The van der Waals surface area contributed by atoms with Crippen LogP contribution in [0, 0.1) is 6.92 Å². The molecule has 0 bridgehead atoms. The summed E-state index contributed by atoms with van der Waals surface area (Å²) in [5.41, 5.74) is 0. The molecule has 1 atom stereocenters. The van der Waals surface area contributed by atoms with Crippen molar-refractivity contribution >= 4 is 27.3 Å². The van der Waals surface area contributed by atoms with Gasteiger partial charge in [-0.15, -0.1) is 11.3 Å². The molecule has 0 aliphatic heterocycles. The Balaban J connectivity index is 2.89. The molecule has 1 heterocycles. The first-order valence-electron chi connectivity index (χ1n) is 4.89. The molecule has 0 spiro atoms. The van der Waals surface area contributed by atoms with Crippen molar-refractivity contribution in [1.82, 2.24) is 5.32 Å². The molecule has 1 N–H and O–H groups in total. The highest BCUT2D eigenvalue weighted by atomic mass is 79.9. The van der Waals surface area contributed by atoms with Crippen LogP contribution in [-0.2, 0) is 0 Å². The highest BCUT2D eigenvalue weighted by Gasteiger charge is 2.33. The van der Waals surface area contributed by atoms with Crippen LogP contribution in [0.4, 0.5) is 13.2 Å². The summed E-state index contributed by atoms with van der Waals surface area (Å²) in [5.74, 6) is 0. The lowest BCUT2D eigenvalue weighted by atomic mass is 10.1. The number of alkyl halides is 3. The Labute approximate surface area is 105 Å². The normalized spacial score (nSPS) is 14.1. The van der Waals surface area contributed by atoms with Crippen LogP contribution in [0.5, 0.6) is 0 Å². The van der Waals surface area contributed by atoms with Gasteiger partial charge in [0.15, 0.2) is 0 Å². The Hall–Kier alpha value is -0.0700. The molecule has 0 saturated heterocycles. The van der Waals surface area contributed by atoms with Crippen molar-refractivity contribution in [1.29, 1.82) is 0 Å². The van der Waals surface area contributed by atoms with Gasteiger partial charge in [0.1, 0.15) is 0 Å². The molecule has 1 aromatic heterocycles. The zero-order chi connectivity index (χ0) is 12.3. The summed E-state index contributed by atoms with van der Waals surface area (Å²) in [4.78, 5) is 1.73. The van der Waals surface area contributed by atoms with E-state index in [0.29, 0.717) is 6.54 Å². The van der Waals surface area contributed by atoms with E-state index in [0.717, 1.165) is 14.2 Å². The lowest BCUT2D eigenvalue weighted by Gasteiger charge is -2.18. The van der Waals surface area contributed by atoms with Gasteiger partial charge >= 0.3 is 6.18 Å². The summed E-state index contributed by atoms with van der Waals surface area (Å²) in [5, 5.41) is 2.87. The first-order valence-corrected chi connectivity index (χ1v) is 6.50. The summed E-state index contributed by atoms with van der Waals surface area (Å²) in [7, 11) is 0. The van der Waals surface area contributed by atoms with Crippen LogP contribution in [0.1, 0.15) is 29.1 Å². The van der Waals surface area contributed by atoms with Gasteiger partial charge in [0.2, 0.25) is 0 Å². The highest BCUT2D eigenvalue weighted by Crippen LogP contribution is 2.37. The Bertz CT molecular complexity index is 348. The Morgan fingerprint density at radius 2 is 2.12 bits per heavy atom. The van der Waals surface area contributed by atoms with Gasteiger partial charge in [0.05, 0.1) is 12.5 Å². The number of halogens is 4. The summed E-state index contributed by atoms with van der Waals surface area (Å²) in [6.07, 6.45) is -4.98. The molecule has 0 aromatic carbocycles.